The molecule has 0 aromatic heterocycles. The average Bonchev–Trinajstić information content (AvgIpc) is 3.10. The van der Waals surface area contributed by atoms with Crippen LogP contribution in [0.1, 0.15) is 36.0 Å². The highest BCUT2D eigenvalue weighted by Gasteiger charge is 2.30. The monoisotopic (exact) mass is 362 g/mol. The first kappa shape index (κ1) is 18.6. The predicted molar refractivity (Wildman–Crippen MR) is 105 cm³/mol. The van der Waals surface area contributed by atoms with Gasteiger partial charge in [-0.25, -0.2) is 5.01 Å². The standard InChI is InChI=1S/C22H22N2O3/c1-16-7-10-18(11-8-16)20-15-19(12-9-17-5-3-2-4-6-17)24(23-20)21(25)13-14-22(26)27/h2-12,19H,13-15H2,1H3,(H,26,27). The van der Waals surface area contributed by atoms with Crippen molar-refractivity contribution in [1.29, 1.82) is 0 Å². The lowest BCUT2D eigenvalue weighted by Gasteiger charge is -2.18. The smallest absolute Gasteiger partial charge is 0.303 e. The summed E-state index contributed by atoms with van der Waals surface area (Å²) >= 11 is 0. The van der Waals surface area contributed by atoms with Gasteiger partial charge in [-0.05, 0) is 18.1 Å². The zero-order valence-electron chi connectivity index (χ0n) is 15.2. The topological polar surface area (TPSA) is 70.0 Å². The highest BCUT2D eigenvalue weighted by atomic mass is 16.4. The first-order valence-electron chi connectivity index (χ1n) is 8.94. The highest BCUT2D eigenvalue weighted by Crippen LogP contribution is 2.23. The highest BCUT2D eigenvalue weighted by molar-refractivity contribution is 6.03. The van der Waals surface area contributed by atoms with Crippen molar-refractivity contribution in [3.63, 3.8) is 0 Å². The molecular formula is C22H22N2O3. The van der Waals surface area contributed by atoms with Crippen LogP contribution >= 0.6 is 0 Å². The van der Waals surface area contributed by atoms with E-state index in [1.807, 2.05) is 73.7 Å². The first-order chi connectivity index (χ1) is 13.0. The van der Waals surface area contributed by atoms with Crippen LogP contribution in [0.3, 0.4) is 0 Å². The number of rotatable bonds is 6. The molecule has 0 bridgehead atoms. The van der Waals surface area contributed by atoms with E-state index < -0.39 is 5.97 Å². The molecule has 1 aliphatic rings. The van der Waals surface area contributed by atoms with Crippen molar-refractivity contribution in [2.45, 2.75) is 32.2 Å². The lowest BCUT2D eigenvalue weighted by molar-refractivity contribution is -0.141. The molecule has 1 amide bonds. The number of benzene rings is 2. The first-order valence-corrected chi connectivity index (χ1v) is 8.94. The van der Waals surface area contributed by atoms with Crippen LogP contribution in [0, 0.1) is 6.92 Å². The lowest BCUT2D eigenvalue weighted by atomic mass is 10.0. The molecule has 2 aromatic rings. The van der Waals surface area contributed by atoms with Crippen molar-refractivity contribution in [2.75, 3.05) is 0 Å². The normalized spacial score (nSPS) is 16.6. The summed E-state index contributed by atoms with van der Waals surface area (Å²) in [7, 11) is 0. The fourth-order valence-corrected chi connectivity index (χ4v) is 2.96. The molecule has 1 aliphatic heterocycles. The Bertz CT molecular complexity index is 870. The van der Waals surface area contributed by atoms with Gasteiger partial charge in [0, 0.05) is 12.8 Å². The lowest BCUT2D eigenvalue weighted by Crippen LogP contribution is -2.31. The molecule has 1 heterocycles. The Labute approximate surface area is 158 Å². The minimum Gasteiger partial charge on any atom is -0.481 e. The van der Waals surface area contributed by atoms with Gasteiger partial charge < -0.3 is 5.11 Å². The van der Waals surface area contributed by atoms with Crippen molar-refractivity contribution in [3.8, 4) is 0 Å². The molecule has 138 valence electrons. The summed E-state index contributed by atoms with van der Waals surface area (Å²) in [6.45, 7) is 2.02. The van der Waals surface area contributed by atoms with E-state index in [-0.39, 0.29) is 24.8 Å². The number of amides is 1. The number of carbonyl (C=O) groups excluding carboxylic acids is 1. The average molecular weight is 362 g/mol. The molecule has 0 saturated heterocycles. The Morgan fingerprint density at radius 3 is 2.48 bits per heavy atom. The molecule has 3 rings (SSSR count). The summed E-state index contributed by atoms with van der Waals surface area (Å²) in [6.07, 6.45) is 4.27. The summed E-state index contributed by atoms with van der Waals surface area (Å²) in [5.74, 6) is -1.26. The number of carbonyl (C=O) groups is 2. The van der Waals surface area contributed by atoms with Crippen molar-refractivity contribution in [3.05, 3.63) is 77.4 Å². The third-order valence-corrected chi connectivity index (χ3v) is 4.45. The van der Waals surface area contributed by atoms with E-state index in [1.54, 1.807) is 0 Å². The fraction of sp³-hybridized carbons (Fsp3) is 0.227. The van der Waals surface area contributed by atoms with Crippen LogP contribution in [0.2, 0.25) is 0 Å². The fourth-order valence-electron chi connectivity index (χ4n) is 2.96. The van der Waals surface area contributed by atoms with Crippen LogP contribution in [0.4, 0.5) is 0 Å². The van der Waals surface area contributed by atoms with E-state index in [0.717, 1.165) is 22.4 Å². The summed E-state index contributed by atoms with van der Waals surface area (Å²) < 4.78 is 0. The Hall–Kier alpha value is -3.21. The molecule has 0 fully saturated rings. The molecule has 0 saturated carbocycles. The van der Waals surface area contributed by atoms with Crippen LogP contribution in [0.5, 0.6) is 0 Å². The Morgan fingerprint density at radius 2 is 1.81 bits per heavy atom. The van der Waals surface area contributed by atoms with Crippen LogP contribution in [0.15, 0.2) is 65.8 Å². The number of hydrazone groups is 1. The number of hydrogen-bond donors (Lipinski definition) is 1. The van der Waals surface area contributed by atoms with Gasteiger partial charge in [0.1, 0.15) is 0 Å². The van der Waals surface area contributed by atoms with Gasteiger partial charge in [-0.1, -0.05) is 72.3 Å². The maximum atomic E-state index is 12.5. The van der Waals surface area contributed by atoms with Gasteiger partial charge in [0.25, 0.3) is 0 Å². The Balaban J connectivity index is 1.82. The molecule has 2 aromatic carbocycles. The molecule has 1 unspecified atom stereocenters. The molecule has 27 heavy (non-hydrogen) atoms. The van der Waals surface area contributed by atoms with Crippen LogP contribution in [0.25, 0.3) is 6.08 Å². The summed E-state index contributed by atoms with van der Waals surface area (Å²) in [4.78, 5) is 23.3. The van der Waals surface area contributed by atoms with Gasteiger partial charge in [0.15, 0.2) is 0 Å². The minimum atomic E-state index is -0.985. The van der Waals surface area contributed by atoms with E-state index in [1.165, 1.54) is 5.01 Å². The Morgan fingerprint density at radius 1 is 1.11 bits per heavy atom. The van der Waals surface area contributed by atoms with E-state index >= 15 is 0 Å². The molecule has 0 spiro atoms. The van der Waals surface area contributed by atoms with Crippen LogP contribution < -0.4 is 0 Å². The molecule has 5 nitrogen and oxygen atoms in total. The van der Waals surface area contributed by atoms with Crippen molar-refractivity contribution in [2.24, 2.45) is 5.10 Å². The summed E-state index contributed by atoms with van der Waals surface area (Å²) in [5.41, 5.74) is 4.01. The van der Waals surface area contributed by atoms with Gasteiger partial charge in [-0.15, -0.1) is 0 Å². The number of carboxylic acid groups (broad SMARTS) is 1. The molecular weight excluding hydrogens is 340 g/mol. The van der Waals surface area contributed by atoms with Gasteiger partial charge in [-0.2, -0.15) is 5.10 Å². The maximum absolute atomic E-state index is 12.5. The Kier molecular flexibility index (Phi) is 5.81. The zero-order chi connectivity index (χ0) is 19.2. The van der Waals surface area contributed by atoms with E-state index in [0.29, 0.717) is 6.42 Å². The molecule has 0 aliphatic carbocycles. The largest absolute Gasteiger partial charge is 0.481 e. The minimum absolute atomic E-state index is 0.0598. The van der Waals surface area contributed by atoms with Gasteiger partial charge in [-0.3, -0.25) is 9.59 Å². The number of aliphatic carboxylic acids is 1. The van der Waals surface area contributed by atoms with Gasteiger partial charge in [0.2, 0.25) is 5.91 Å². The summed E-state index contributed by atoms with van der Waals surface area (Å²) in [6, 6.07) is 17.7. The predicted octanol–water partition coefficient (Wildman–Crippen LogP) is 3.88. The second-order valence-corrected chi connectivity index (χ2v) is 6.59. The molecule has 1 atom stereocenters. The SMILES string of the molecule is Cc1ccc(C2=NN(C(=O)CCC(=O)O)C(C=Cc3ccccc3)C2)cc1. The third-order valence-electron chi connectivity index (χ3n) is 4.45. The van der Waals surface area contributed by atoms with Gasteiger partial charge in [0.05, 0.1) is 18.2 Å². The molecule has 5 heteroatoms. The van der Waals surface area contributed by atoms with Gasteiger partial charge >= 0.3 is 5.97 Å². The quantitative estimate of drug-likeness (QED) is 0.848. The van der Waals surface area contributed by atoms with E-state index in [9.17, 15) is 9.59 Å². The number of nitrogens with zero attached hydrogens (tertiary/aromatic N) is 2. The second-order valence-electron chi connectivity index (χ2n) is 6.59. The number of aryl methyl sites for hydroxylation is 1. The molecule has 0 radical (unpaired) electrons. The van der Waals surface area contributed by atoms with Crippen molar-refractivity contribution in [1.82, 2.24) is 5.01 Å². The number of carboxylic acids is 1. The van der Waals surface area contributed by atoms with E-state index in [4.69, 9.17) is 5.11 Å². The molecule has 1 N–H and O–H groups in total. The maximum Gasteiger partial charge on any atom is 0.303 e. The van der Waals surface area contributed by atoms with Crippen LogP contribution in [-0.2, 0) is 9.59 Å². The van der Waals surface area contributed by atoms with Crippen molar-refractivity contribution < 1.29 is 14.7 Å². The zero-order valence-corrected chi connectivity index (χ0v) is 15.2. The van der Waals surface area contributed by atoms with E-state index in [2.05, 4.69) is 5.10 Å². The number of hydrogen-bond acceptors (Lipinski definition) is 3. The second kappa shape index (κ2) is 8.45. The summed E-state index contributed by atoms with van der Waals surface area (Å²) in [5, 5.41) is 14.8. The van der Waals surface area contributed by atoms with Crippen molar-refractivity contribution >= 4 is 23.7 Å². The third kappa shape index (κ3) is 4.91. The van der Waals surface area contributed by atoms with Crippen LogP contribution in [-0.4, -0.2) is 33.7 Å².